The van der Waals surface area contributed by atoms with Gasteiger partial charge in [-0.25, -0.2) is 0 Å². The van der Waals surface area contributed by atoms with Crippen molar-refractivity contribution < 1.29 is 0 Å². The molecule has 1 unspecified atom stereocenters. The van der Waals surface area contributed by atoms with Crippen molar-refractivity contribution >= 4 is 0 Å². The quantitative estimate of drug-likeness (QED) is 0.426. The summed E-state index contributed by atoms with van der Waals surface area (Å²) in [6.45, 7) is 0. The number of aromatic amines is 1. The van der Waals surface area contributed by atoms with Crippen LogP contribution in [0.25, 0.3) is 0 Å². The Hall–Kier alpha value is -1.13. The molecule has 0 aromatic carbocycles. The smallest absolute Gasteiger partial charge is 0.248 e. The first-order chi connectivity index (χ1) is 6.31. The van der Waals surface area contributed by atoms with Gasteiger partial charge in [0.2, 0.25) is 5.56 Å². The van der Waals surface area contributed by atoms with E-state index >= 15 is 0 Å². The number of pyridine rings is 1. The number of hydrogen-bond donors (Lipinski definition) is 3. The molecule has 0 bridgehead atoms. The van der Waals surface area contributed by atoms with Crippen molar-refractivity contribution in [3.05, 3.63) is 33.7 Å². The van der Waals surface area contributed by atoms with Crippen molar-refractivity contribution in [2.24, 2.45) is 5.84 Å². The molecule has 0 aliphatic heterocycles. The highest BCUT2D eigenvalue weighted by Gasteiger charge is 2.18. The van der Waals surface area contributed by atoms with E-state index < -0.39 is 0 Å². The van der Waals surface area contributed by atoms with Crippen LogP contribution in [0, 0.1) is 0 Å². The van der Waals surface area contributed by atoms with Crippen molar-refractivity contribution in [1.82, 2.24) is 10.4 Å². The average molecular weight is 179 g/mol. The van der Waals surface area contributed by atoms with Crippen LogP contribution in [0.3, 0.4) is 0 Å². The summed E-state index contributed by atoms with van der Waals surface area (Å²) in [5.74, 6) is 5.41. The van der Waals surface area contributed by atoms with E-state index in [0.717, 1.165) is 30.5 Å². The number of aromatic nitrogens is 1. The lowest BCUT2D eigenvalue weighted by molar-refractivity contribution is 0.465. The second kappa shape index (κ2) is 3.32. The summed E-state index contributed by atoms with van der Waals surface area (Å²) in [7, 11) is 0. The van der Waals surface area contributed by atoms with Gasteiger partial charge in [0, 0.05) is 17.8 Å². The zero-order valence-corrected chi connectivity index (χ0v) is 7.34. The highest BCUT2D eigenvalue weighted by atomic mass is 16.1. The van der Waals surface area contributed by atoms with Crippen molar-refractivity contribution in [2.45, 2.75) is 25.3 Å². The molecule has 4 nitrogen and oxygen atoms in total. The summed E-state index contributed by atoms with van der Waals surface area (Å²) in [5, 5.41) is 0. The Morgan fingerprint density at radius 3 is 3.15 bits per heavy atom. The molecule has 4 N–H and O–H groups in total. The Morgan fingerprint density at radius 2 is 2.38 bits per heavy atom. The van der Waals surface area contributed by atoms with Gasteiger partial charge in [-0.05, 0) is 24.8 Å². The highest BCUT2D eigenvalue weighted by molar-refractivity contribution is 5.25. The van der Waals surface area contributed by atoms with Gasteiger partial charge in [0.25, 0.3) is 0 Å². The van der Waals surface area contributed by atoms with E-state index in [1.165, 1.54) is 0 Å². The van der Waals surface area contributed by atoms with Crippen molar-refractivity contribution in [1.29, 1.82) is 0 Å². The van der Waals surface area contributed by atoms with Crippen molar-refractivity contribution in [3.8, 4) is 0 Å². The fourth-order valence-corrected chi connectivity index (χ4v) is 1.87. The molecule has 0 amide bonds. The Morgan fingerprint density at radius 1 is 1.54 bits per heavy atom. The molecule has 1 aliphatic rings. The highest BCUT2D eigenvalue weighted by Crippen LogP contribution is 2.26. The van der Waals surface area contributed by atoms with Crippen LogP contribution in [-0.4, -0.2) is 4.98 Å². The molecule has 1 atom stereocenters. The van der Waals surface area contributed by atoms with Crippen LogP contribution in [0.2, 0.25) is 0 Å². The third kappa shape index (κ3) is 1.50. The summed E-state index contributed by atoms with van der Waals surface area (Å²) < 4.78 is 0. The summed E-state index contributed by atoms with van der Waals surface area (Å²) in [6, 6.07) is 3.60. The molecule has 1 aromatic heterocycles. The molecule has 0 saturated carbocycles. The molecule has 1 heterocycles. The predicted octanol–water partition coefficient (Wildman–Crippen LogP) is 0.216. The van der Waals surface area contributed by atoms with Crippen molar-refractivity contribution in [3.63, 3.8) is 0 Å². The van der Waals surface area contributed by atoms with Gasteiger partial charge >= 0.3 is 0 Å². The van der Waals surface area contributed by atoms with Crippen molar-refractivity contribution in [2.75, 3.05) is 0 Å². The molecule has 0 radical (unpaired) electrons. The maximum absolute atomic E-state index is 11.0. The van der Waals surface area contributed by atoms with E-state index in [1.54, 1.807) is 6.07 Å². The minimum atomic E-state index is -0.0311. The summed E-state index contributed by atoms with van der Waals surface area (Å²) in [5.41, 5.74) is 4.89. The number of aryl methyl sites for hydroxylation is 1. The van der Waals surface area contributed by atoms with Gasteiger partial charge in [0.05, 0.1) is 0 Å². The van der Waals surface area contributed by atoms with E-state index in [0.29, 0.717) is 0 Å². The van der Waals surface area contributed by atoms with E-state index in [4.69, 9.17) is 5.84 Å². The molecule has 70 valence electrons. The lowest BCUT2D eigenvalue weighted by Gasteiger charge is -2.23. The Bertz CT molecular complexity index is 358. The molecule has 1 aliphatic carbocycles. The number of rotatable bonds is 1. The van der Waals surface area contributed by atoms with E-state index in [2.05, 4.69) is 10.4 Å². The molecule has 4 heteroatoms. The number of fused-ring (bicyclic) bond motifs is 1. The number of nitrogens with one attached hydrogen (secondary N) is 2. The Balaban J connectivity index is 2.46. The van der Waals surface area contributed by atoms with Gasteiger partial charge in [-0.3, -0.25) is 16.1 Å². The van der Waals surface area contributed by atoms with Gasteiger partial charge in [0.1, 0.15) is 0 Å². The largest absolute Gasteiger partial charge is 0.326 e. The number of hydrogen-bond acceptors (Lipinski definition) is 3. The SMILES string of the molecule is NNC1CCCc2[nH]c(=O)ccc21. The van der Waals surface area contributed by atoms with E-state index in [1.807, 2.05) is 6.07 Å². The zero-order valence-electron chi connectivity index (χ0n) is 7.34. The van der Waals surface area contributed by atoms with Gasteiger partial charge in [-0.15, -0.1) is 0 Å². The van der Waals surface area contributed by atoms with Crippen LogP contribution < -0.4 is 16.8 Å². The van der Waals surface area contributed by atoms with Gasteiger partial charge in [0.15, 0.2) is 0 Å². The summed E-state index contributed by atoms with van der Waals surface area (Å²) in [4.78, 5) is 13.9. The molecular formula is C9H13N3O. The Labute approximate surface area is 76.1 Å². The lowest BCUT2D eigenvalue weighted by atomic mass is 9.92. The number of nitrogens with two attached hydrogens (primary N) is 1. The predicted molar refractivity (Wildman–Crippen MR) is 50.1 cm³/mol. The minimum Gasteiger partial charge on any atom is -0.326 e. The minimum absolute atomic E-state index is 0.0311. The van der Waals surface area contributed by atoms with Crippen LogP contribution in [0.15, 0.2) is 16.9 Å². The summed E-state index contributed by atoms with van der Waals surface area (Å²) in [6.07, 6.45) is 3.06. The molecular weight excluding hydrogens is 166 g/mol. The monoisotopic (exact) mass is 179 g/mol. The molecule has 13 heavy (non-hydrogen) atoms. The van der Waals surface area contributed by atoms with Gasteiger partial charge in [-0.1, -0.05) is 6.07 Å². The van der Waals surface area contributed by atoms with E-state index in [-0.39, 0.29) is 11.6 Å². The zero-order chi connectivity index (χ0) is 9.26. The summed E-state index contributed by atoms with van der Waals surface area (Å²) >= 11 is 0. The molecule has 1 aromatic rings. The third-order valence-electron chi connectivity index (χ3n) is 2.53. The normalized spacial score (nSPS) is 21.2. The van der Waals surface area contributed by atoms with Crippen LogP contribution in [0.4, 0.5) is 0 Å². The van der Waals surface area contributed by atoms with Crippen LogP contribution in [0.5, 0.6) is 0 Å². The average Bonchev–Trinajstić information content (AvgIpc) is 2.16. The van der Waals surface area contributed by atoms with Crippen LogP contribution in [0.1, 0.15) is 30.1 Å². The molecule has 0 saturated heterocycles. The molecule has 0 spiro atoms. The van der Waals surface area contributed by atoms with E-state index in [9.17, 15) is 4.79 Å². The maximum atomic E-state index is 11.0. The van der Waals surface area contributed by atoms with Gasteiger partial charge in [-0.2, -0.15) is 0 Å². The second-order valence-electron chi connectivity index (χ2n) is 3.37. The van der Waals surface area contributed by atoms with Gasteiger partial charge < -0.3 is 4.98 Å². The first-order valence-electron chi connectivity index (χ1n) is 4.49. The number of hydrazine groups is 1. The molecule has 2 rings (SSSR count). The van der Waals surface area contributed by atoms with Crippen LogP contribution in [-0.2, 0) is 6.42 Å². The third-order valence-corrected chi connectivity index (χ3v) is 2.53. The number of H-pyrrole nitrogens is 1. The fourth-order valence-electron chi connectivity index (χ4n) is 1.87. The van der Waals surface area contributed by atoms with Crippen LogP contribution >= 0.6 is 0 Å². The second-order valence-corrected chi connectivity index (χ2v) is 3.37. The first kappa shape index (κ1) is 8.47. The molecule has 0 fully saturated rings. The first-order valence-corrected chi connectivity index (χ1v) is 4.49. The fraction of sp³-hybridized carbons (Fsp3) is 0.444. The lowest BCUT2D eigenvalue weighted by Crippen LogP contribution is -2.31. The Kier molecular flexibility index (Phi) is 2.16. The maximum Gasteiger partial charge on any atom is 0.248 e. The standard InChI is InChI=1S/C9H13N3O/c10-12-8-3-1-2-7-6(8)4-5-9(13)11-7/h4-5,8,12H,1-3,10H2,(H,11,13). The topological polar surface area (TPSA) is 70.9 Å².